The van der Waals surface area contributed by atoms with Gasteiger partial charge in [0.05, 0.1) is 21.3 Å². The Bertz CT molecular complexity index is 938. The quantitative estimate of drug-likeness (QED) is 0.412. The van der Waals surface area contributed by atoms with E-state index >= 15 is 0 Å². The van der Waals surface area contributed by atoms with Crippen molar-refractivity contribution in [3.05, 3.63) is 53.8 Å². The molecule has 0 aliphatic rings. The Labute approximate surface area is 144 Å². The molecule has 3 aromatic rings. The molecule has 7 nitrogen and oxygen atoms in total. The zero-order valence-corrected chi connectivity index (χ0v) is 14.0. The molecular weight excluding hydrogens is 324 g/mol. The van der Waals surface area contributed by atoms with Crippen molar-refractivity contribution < 1.29 is 23.7 Å². The summed E-state index contributed by atoms with van der Waals surface area (Å²) >= 11 is 0. The van der Waals surface area contributed by atoms with Gasteiger partial charge in [0.2, 0.25) is 0 Å². The van der Waals surface area contributed by atoms with E-state index in [-0.39, 0.29) is 5.69 Å². The standard InChI is InChI=1S/C18H16N2O5/c1-23-14-8-12-10-19-17(18(21)25-3)16(13(12)9-15(14)24-2)11-4-6-20(22)7-5-11/h4-10H,1-3H3. The Balaban J connectivity index is 2.38. The highest BCUT2D eigenvalue weighted by Crippen LogP contribution is 2.38. The van der Waals surface area contributed by atoms with Gasteiger partial charge in [-0.05, 0) is 23.1 Å². The summed E-state index contributed by atoms with van der Waals surface area (Å²) in [6, 6.07) is 6.79. The molecule has 7 heteroatoms. The summed E-state index contributed by atoms with van der Waals surface area (Å²) in [5.41, 5.74) is 1.38. The number of methoxy groups -OCH3 is 3. The first-order chi connectivity index (χ1) is 12.1. The molecule has 2 heterocycles. The molecule has 0 saturated heterocycles. The molecule has 0 saturated carbocycles. The lowest BCUT2D eigenvalue weighted by Crippen LogP contribution is -2.23. The fraction of sp³-hybridized carbons (Fsp3) is 0.167. The minimum atomic E-state index is -0.564. The number of benzene rings is 1. The van der Waals surface area contributed by atoms with Crippen LogP contribution in [0, 0.1) is 5.21 Å². The molecule has 3 rings (SSSR count). The Kier molecular flexibility index (Phi) is 4.38. The van der Waals surface area contributed by atoms with Crippen molar-refractivity contribution in [3.8, 4) is 22.6 Å². The highest BCUT2D eigenvalue weighted by Gasteiger charge is 2.20. The molecule has 0 spiro atoms. The second-order valence-corrected chi connectivity index (χ2v) is 5.21. The summed E-state index contributed by atoms with van der Waals surface area (Å²) in [4.78, 5) is 16.4. The number of hydrogen-bond acceptors (Lipinski definition) is 6. The van der Waals surface area contributed by atoms with E-state index in [9.17, 15) is 10.0 Å². The number of nitrogens with zero attached hydrogens (tertiary/aromatic N) is 2. The molecule has 0 unspecified atom stereocenters. The van der Waals surface area contributed by atoms with E-state index < -0.39 is 5.97 Å². The van der Waals surface area contributed by atoms with Crippen LogP contribution in [0.3, 0.4) is 0 Å². The predicted octanol–water partition coefficient (Wildman–Crippen LogP) is 2.34. The van der Waals surface area contributed by atoms with Crippen molar-refractivity contribution in [1.82, 2.24) is 4.98 Å². The maximum Gasteiger partial charge on any atom is 0.357 e. The third-order valence-corrected chi connectivity index (χ3v) is 3.86. The van der Waals surface area contributed by atoms with E-state index in [0.29, 0.717) is 27.4 Å². The minimum Gasteiger partial charge on any atom is -0.619 e. The first-order valence-corrected chi connectivity index (χ1v) is 7.41. The van der Waals surface area contributed by atoms with Crippen molar-refractivity contribution in [2.24, 2.45) is 0 Å². The summed E-state index contributed by atoms with van der Waals surface area (Å²) < 4.78 is 16.2. The topological polar surface area (TPSA) is 84.6 Å². The summed E-state index contributed by atoms with van der Waals surface area (Å²) in [5, 5.41) is 12.8. The lowest BCUT2D eigenvalue weighted by Gasteiger charge is -2.14. The van der Waals surface area contributed by atoms with Crippen molar-refractivity contribution >= 4 is 16.7 Å². The van der Waals surface area contributed by atoms with Gasteiger partial charge in [-0.2, -0.15) is 4.73 Å². The van der Waals surface area contributed by atoms with Crippen LogP contribution in [-0.4, -0.2) is 32.3 Å². The van der Waals surface area contributed by atoms with Crippen LogP contribution >= 0.6 is 0 Å². The molecule has 0 atom stereocenters. The van der Waals surface area contributed by atoms with Gasteiger partial charge in [-0.1, -0.05) is 0 Å². The zero-order chi connectivity index (χ0) is 18.0. The van der Waals surface area contributed by atoms with Crippen molar-refractivity contribution in [2.75, 3.05) is 21.3 Å². The second-order valence-electron chi connectivity index (χ2n) is 5.21. The Morgan fingerprint density at radius 2 is 1.72 bits per heavy atom. The predicted molar refractivity (Wildman–Crippen MR) is 90.6 cm³/mol. The van der Waals surface area contributed by atoms with Crippen LogP contribution in [-0.2, 0) is 4.74 Å². The minimum absolute atomic E-state index is 0.158. The number of pyridine rings is 2. The number of carbonyl (C=O) groups is 1. The Morgan fingerprint density at radius 1 is 1.08 bits per heavy atom. The van der Waals surface area contributed by atoms with E-state index in [0.717, 1.165) is 10.8 Å². The number of aromatic nitrogens is 2. The van der Waals surface area contributed by atoms with Gasteiger partial charge in [-0.25, -0.2) is 9.78 Å². The van der Waals surface area contributed by atoms with Gasteiger partial charge < -0.3 is 19.4 Å². The largest absolute Gasteiger partial charge is 0.619 e. The zero-order valence-electron chi connectivity index (χ0n) is 14.0. The Hall–Kier alpha value is -3.35. The monoisotopic (exact) mass is 340 g/mol. The van der Waals surface area contributed by atoms with Crippen LogP contribution in [0.5, 0.6) is 11.5 Å². The van der Waals surface area contributed by atoms with E-state index in [1.807, 2.05) is 0 Å². The van der Waals surface area contributed by atoms with Crippen LogP contribution in [0.4, 0.5) is 0 Å². The highest BCUT2D eigenvalue weighted by atomic mass is 16.5. The molecule has 0 fully saturated rings. The fourth-order valence-electron chi connectivity index (χ4n) is 2.67. The third kappa shape index (κ3) is 2.91. The van der Waals surface area contributed by atoms with Gasteiger partial charge in [0, 0.05) is 29.3 Å². The van der Waals surface area contributed by atoms with Gasteiger partial charge in [-0.15, -0.1) is 0 Å². The number of fused-ring (bicyclic) bond motifs is 1. The van der Waals surface area contributed by atoms with Gasteiger partial charge in [0.1, 0.15) is 0 Å². The van der Waals surface area contributed by atoms with Crippen LogP contribution in [0.1, 0.15) is 10.5 Å². The normalized spacial score (nSPS) is 10.5. The van der Waals surface area contributed by atoms with E-state index in [1.165, 1.54) is 26.6 Å². The van der Waals surface area contributed by atoms with E-state index in [1.54, 1.807) is 37.6 Å². The number of rotatable bonds is 4. The van der Waals surface area contributed by atoms with Crippen LogP contribution in [0.15, 0.2) is 42.9 Å². The van der Waals surface area contributed by atoms with Crippen LogP contribution in [0.2, 0.25) is 0 Å². The molecule has 0 radical (unpaired) electrons. The lowest BCUT2D eigenvalue weighted by molar-refractivity contribution is -0.605. The highest BCUT2D eigenvalue weighted by molar-refractivity contribution is 6.07. The van der Waals surface area contributed by atoms with Crippen LogP contribution < -0.4 is 14.2 Å². The molecule has 0 aliphatic carbocycles. The fourth-order valence-corrected chi connectivity index (χ4v) is 2.67. The number of hydrogen-bond donors (Lipinski definition) is 0. The molecular formula is C18H16N2O5. The van der Waals surface area contributed by atoms with Crippen molar-refractivity contribution in [3.63, 3.8) is 0 Å². The SMILES string of the molecule is COC(=O)c1ncc2cc(OC)c(OC)cc2c1-c1cc[n+]([O-])cc1. The summed E-state index contributed by atoms with van der Waals surface area (Å²) in [6.45, 7) is 0. The molecule has 2 aromatic heterocycles. The van der Waals surface area contributed by atoms with E-state index in [2.05, 4.69) is 4.98 Å². The second kappa shape index (κ2) is 6.64. The number of esters is 1. The van der Waals surface area contributed by atoms with Crippen molar-refractivity contribution in [1.29, 1.82) is 0 Å². The Morgan fingerprint density at radius 3 is 2.32 bits per heavy atom. The first-order valence-electron chi connectivity index (χ1n) is 7.41. The molecule has 1 aromatic carbocycles. The molecule has 128 valence electrons. The smallest absolute Gasteiger partial charge is 0.357 e. The summed E-state index contributed by atoms with van der Waals surface area (Å²) in [5.74, 6) is 0.512. The maximum atomic E-state index is 12.2. The lowest BCUT2D eigenvalue weighted by atomic mass is 9.97. The maximum absolute atomic E-state index is 12.2. The third-order valence-electron chi connectivity index (χ3n) is 3.86. The molecule has 0 amide bonds. The van der Waals surface area contributed by atoms with Gasteiger partial charge in [0.15, 0.2) is 29.6 Å². The summed E-state index contributed by atoms with van der Waals surface area (Å²) in [7, 11) is 4.38. The average molecular weight is 340 g/mol. The van der Waals surface area contributed by atoms with Gasteiger partial charge in [-0.3, -0.25) is 0 Å². The van der Waals surface area contributed by atoms with Crippen LogP contribution in [0.25, 0.3) is 21.9 Å². The number of ether oxygens (including phenoxy) is 3. The first kappa shape index (κ1) is 16.5. The number of carbonyl (C=O) groups excluding carboxylic acids is 1. The molecule has 0 aliphatic heterocycles. The van der Waals surface area contributed by atoms with Gasteiger partial charge in [0.25, 0.3) is 0 Å². The van der Waals surface area contributed by atoms with Crippen molar-refractivity contribution in [2.45, 2.75) is 0 Å². The molecule has 0 N–H and O–H groups in total. The summed E-state index contributed by atoms with van der Waals surface area (Å²) in [6.07, 6.45) is 4.29. The average Bonchev–Trinajstić information content (AvgIpc) is 2.66. The molecule has 25 heavy (non-hydrogen) atoms. The van der Waals surface area contributed by atoms with E-state index in [4.69, 9.17) is 14.2 Å². The molecule has 0 bridgehead atoms. The van der Waals surface area contributed by atoms with Gasteiger partial charge >= 0.3 is 5.97 Å².